The van der Waals surface area contributed by atoms with Crippen LogP contribution in [0.2, 0.25) is 0 Å². The van der Waals surface area contributed by atoms with Crippen LogP contribution in [0.5, 0.6) is 0 Å². The normalized spacial score (nSPS) is 13.3. The largest absolute Gasteiger partial charge is 0.382 e. The molecule has 1 unspecified atom stereocenters. The van der Waals surface area contributed by atoms with Crippen molar-refractivity contribution in [2.45, 2.75) is 24.5 Å². The molecule has 0 amide bonds. The third kappa shape index (κ3) is 6.11. The lowest BCUT2D eigenvalue weighted by atomic mass is 10.2. The van der Waals surface area contributed by atoms with Crippen LogP contribution in [-0.2, 0) is 26.0 Å². The molecule has 21 heavy (non-hydrogen) atoms. The van der Waals surface area contributed by atoms with Crippen LogP contribution in [0, 0.1) is 0 Å². The molecule has 2 N–H and O–H groups in total. The molecule has 0 aliphatic rings. The van der Waals surface area contributed by atoms with Crippen LogP contribution >= 0.6 is 0 Å². The fourth-order valence-electron chi connectivity index (χ4n) is 1.77. The first-order chi connectivity index (χ1) is 10.0. The molecule has 1 atom stereocenters. The topological polar surface area (TPSA) is 76.7 Å². The van der Waals surface area contributed by atoms with E-state index in [2.05, 4.69) is 10.0 Å². The zero-order valence-corrected chi connectivity index (χ0v) is 13.6. The molecule has 6 nitrogen and oxygen atoms in total. The van der Waals surface area contributed by atoms with E-state index in [1.165, 1.54) is 7.11 Å². The van der Waals surface area contributed by atoms with Gasteiger partial charge in [0.2, 0.25) is 10.0 Å². The van der Waals surface area contributed by atoms with Crippen LogP contribution in [0.4, 0.5) is 0 Å². The first kappa shape index (κ1) is 18.1. The van der Waals surface area contributed by atoms with Crippen LogP contribution in [-0.4, -0.2) is 48.4 Å². The Morgan fingerprint density at radius 3 is 2.67 bits per heavy atom. The third-order valence-corrected chi connectivity index (χ3v) is 4.40. The second-order valence-electron chi connectivity index (χ2n) is 4.59. The summed E-state index contributed by atoms with van der Waals surface area (Å²) in [5.41, 5.74) is 0.930. The van der Waals surface area contributed by atoms with Crippen molar-refractivity contribution in [3.8, 4) is 0 Å². The fourth-order valence-corrected chi connectivity index (χ4v) is 2.91. The standard InChI is InChI=1S/C14H24N2O4S/c1-4-15-9-12-6-5-7-14(8-12)21(17,18)16-10-13(20-3)11-19-2/h5-8,13,15-16H,4,9-11H2,1-3H3. The zero-order valence-electron chi connectivity index (χ0n) is 12.8. The fraction of sp³-hybridized carbons (Fsp3) is 0.571. The van der Waals surface area contributed by atoms with Crippen molar-refractivity contribution in [1.29, 1.82) is 0 Å². The minimum absolute atomic E-state index is 0.171. The molecule has 0 bridgehead atoms. The summed E-state index contributed by atoms with van der Waals surface area (Å²) in [5.74, 6) is 0. The number of ether oxygens (including phenoxy) is 2. The van der Waals surface area contributed by atoms with Crippen LogP contribution in [0.25, 0.3) is 0 Å². The van der Waals surface area contributed by atoms with Crippen molar-refractivity contribution in [2.75, 3.05) is 33.9 Å². The van der Waals surface area contributed by atoms with Gasteiger partial charge in [-0.15, -0.1) is 0 Å². The van der Waals surface area contributed by atoms with E-state index in [0.717, 1.165) is 12.1 Å². The van der Waals surface area contributed by atoms with E-state index in [9.17, 15) is 8.42 Å². The summed E-state index contributed by atoms with van der Waals surface area (Å²) in [6.07, 6.45) is -0.310. The highest BCUT2D eigenvalue weighted by molar-refractivity contribution is 7.89. The molecule has 0 spiro atoms. The molecular formula is C14H24N2O4S. The summed E-state index contributed by atoms with van der Waals surface area (Å²) < 4.78 is 37.1. The lowest BCUT2D eigenvalue weighted by molar-refractivity contribution is 0.0320. The zero-order chi connectivity index (χ0) is 15.7. The first-order valence-electron chi connectivity index (χ1n) is 6.84. The predicted octanol–water partition coefficient (Wildman–Crippen LogP) is 0.736. The summed E-state index contributed by atoms with van der Waals surface area (Å²) in [7, 11) is -0.475. The maximum atomic E-state index is 12.3. The molecule has 0 radical (unpaired) electrons. The van der Waals surface area contributed by atoms with Crippen molar-refractivity contribution in [3.63, 3.8) is 0 Å². The lowest BCUT2D eigenvalue weighted by Crippen LogP contribution is -2.35. The average molecular weight is 316 g/mol. The maximum Gasteiger partial charge on any atom is 0.240 e. The van der Waals surface area contributed by atoms with Gasteiger partial charge in [0.25, 0.3) is 0 Å². The summed E-state index contributed by atoms with van der Waals surface area (Å²) in [6, 6.07) is 6.88. The molecule has 0 saturated carbocycles. The van der Waals surface area contributed by atoms with Crippen molar-refractivity contribution in [2.24, 2.45) is 0 Å². The van der Waals surface area contributed by atoms with Crippen molar-refractivity contribution in [3.05, 3.63) is 29.8 Å². The van der Waals surface area contributed by atoms with E-state index in [4.69, 9.17) is 9.47 Å². The molecular weight excluding hydrogens is 292 g/mol. The van der Waals surface area contributed by atoms with Crippen molar-refractivity contribution >= 4 is 10.0 Å². The van der Waals surface area contributed by atoms with Crippen LogP contribution in [0.15, 0.2) is 29.2 Å². The van der Waals surface area contributed by atoms with Gasteiger partial charge in [-0.25, -0.2) is 13.1 Å². The number of rotatable bonds is 10. The molecule has 0 aliphatic heterocycles. The van der Waals surface area contributed by atoms with E-state index in [-0.39, 0.29) is 17.5 Å². The lowest BCUT2D eigenvalue weighted by Gasteiger charge is -2.15. The number of hydrogen-bond acceptors (Lipinski definition) is 5. The highest BCUT2D eigenvalue weighted by atomic mass is 32.2. The smallest absolute Gasteiger partial charge is 0.240 e. The quantitative estimate of drug-likeness (QED) is 0.666. The van der Waals surface area contributed by atoms with E-state index in [0.29, 0.717) is 13.2 Å². The number of methoxy groups -OCH3 is 2. The second kappa shape index (κ2) is 9.11. The van der Waals surface area contributed by atoms with E-state index >= 15 is 0 Å². The van der Waals surface area contributed by atoms with E-state index in [1.807, 2.05) is 13.0 Å². The van der Waals surface area contributed by atoms with Gasteiger partial charge in [0.05, 0.1) is 17.6 Å². The number of benzene rings is 1. The Labute approximate surface area is 126 Å². The van der Waals surface area contributed by atoms with Crippen LogP contribution in [0.1, 0.15) is 12.5 Å². The summed E-state index contributed by atoms with van der Waals surface area (Å²) >= 11 is 0. The number of sulfonamides is 1. The van der Waals surface area contributed by atoms with Gasteiger partial charge in [0.15, 0.2) is 0 Å². The third-order valence-electron chi connectivity index (χ3n) is 2.97. The van der Waals surface area contributed by atoms with Crippen LogP contribution in [0.3, 0.4) is 0 Å². The monoisotopic (exact) mass is 316 g/mol. The van der Waals surface area contributed by atoms with Gasteiger partial charge in [0.1, 0.15) is 0 Å². The Morgan fingerprint density at radius 1 is 1.29 bits per heavy atom. The number of nitrogens with one attached hydrogen (secondary N) is 2. The first-order valence-corrected chi connectivity index (χ1v) is 8.32. The molecule has 1 rings (SSSR count). The van der Waals surface area contributed by atoms with Gasteiger partial charge in [0, 0.05) is 27.3 Å². The van der Waals surface area contributed by atoms with Crippen LogP contribution < -0.4 is 10.0 Å². The highest BCUT2D eigenvalue weighted by Gasteiger charge is 2.17. The Balaban J connectivity index is 2.73. The van der Waals surface area contributed by atoms with Gasteiger partial charge >= 0.3 is 0 Å². The molecule has 0 saturated heterocycles. The van der Waals surface area contributed by atoms with E-state index < -0.39 is 10.0 Å². The minimum Gasteiger partial charge on any atom is -0.382 e. The molecule has 120 valence electrons. The van der Waals surface area contributed by atoms with E-state index in [1.54, 1.807) is 25.3 Å². The van der Waals surface area contributed by atoms with Gasteiger partial charge in [-0.2, -0.15) is 0 Å². The Hall–Kier alpha value is -0.990. The van der Waals surface area contributed by atoms with Crippen molar-refractivity contribution < 1.29 is 17.9 Å². The Bertz CT molecular complexity index is 519. The summed E-state index contributed by atoms with van der Waals surface area (Å²) in [6.45, 7) is 3.98. The SMILES string of the molecule is CCNCc1cccc(S(=O)(=O)NCC(COC)OC)c1. The molecule has 1 aromatic carbocycles. The summed E-state index contributed by atoms with van der Waals surface area (Å²) in [4.78, 5) is 0.255. The Kier molecular flexibility index (Phi) is 7.84. The number of hydrogen-bond donors (Lipinski definition) is 2. The summed E-state index contributed by atoms with van der Waals surface area (Å²) in [5, 5.41) is 3.17. The van der Waals surface area contributed by atoms with Gasteiger partial charge in [-0.3, -0.25) is 0 Å². The minimum atomic E-state index is -3.54. The second-order valence-corrected chi connectivity index (χ2v) is 6.36. The Morgan fingerprint density at radius 2 is 2.05 bits per heavy atom. The molecule has 0 aromatic heterocycles. The molecule has 0 aliphatic carbocycles. The average Bonchev–Trinajstić information content (AvgIpc) is 2.49. The highest BCUT2D eigenvalue weighted by Crippen LogP contribution is 2.11. The van der Waals surface area contributed by atoms with Gasteiger partial charge in [-0.05, 0) is 24.2 Å². The van der Waals surface area contributed by atoms with Crippen molar-refractivity contribution in [1.82, 2.24) is 10.0 Å². The maximum absolute atomic E-state index is 12.3. The molecule has 0 heterocycles. The predicted molar refractivity (Wildman–Crippen MR) is 81.7 cm³/mol. The van der Waals surface area contributed by atoms with Gasteiger partial charge < -0.3 is 14.8 Å². The molecule has 1 aromatic rings. The van der Waals surface area contributed by atoms with Gasteiger partial charge in [-0.1, -0.05) is 19.1 Å². The molecule has 0 fully saturated rings. The molecule has 7 heteroatoms.